The number of hydrogen-bond donors (Lipinski definition) is 2. The molecule has 0 aliphatic heterocycles. The van der Waals surface area contributed by atoms with Gasteiger partial charge in [-0.05, 0) is 36.4 Å². The number of H-pyrrole nitrogens is 1. The summed E-state index contributed by atoms with van der Waals surface area (Å²) in [6.45, 7) is 0. The Morgan fingerprint density at radius 3 is 2.48 bits per heavy atom. The van der Waals surface area contributed by atoms with Crippen LogP contribution in [0.4, 0.5) is 11.4 Å². The molecule has 0 aliphatic carbocycles. The van der Waals surface area contributed by atoms with Crippen molar-refractivity contribution < 1.29 is 5.11 Å². The highest BCUT2D eigenvalue weighted by atomic mass is 35.5. The Hall–Kier alpha value is -2.08. The summed E-state index contributed by atoms with van der Waals surface area (Å²) in [5.41, 5.74) is 0.0572. The number of aromatic hydroxyl groups is 1. The van der Waals surface area contributed by atoms with E-state index in [0.717, 1.165) is 0 Å². The molecule has 1 aromatic heterocycles. The van der Waals surface area contributed by atoms with Crippen molar-refractivity contribution in [1.29, 1.82) is 0 Å². The average Bonchev–Trinajstić information content (AvgIpc) is 2.51. The predicted octanol–water partition coefficient (Wildman–Crippen LogP) is 5.61. The topological polar surface area (TPSA) is 77.8 Å². The fourth-order valence-corrected chi connectivity index (χ4v) is 2.45. The SMILES string of the molecule is O=c1[nH]c2ccc(Cl)cc2c(O)c1N=Nc1ccc(Cl)c(Cl)c1. The van der Waals surface area contributed by atoms with Crippen molar-refractivity contribution in [3.8, 4) is 5.75 Å². The molecule has 3 rings (SSSR count). The van der Waals surface area contributed by atoms with Gasteiger partial charge in [-0.15, -0.1) is 5.11 Å². The number of benzene rings is 2. The summed E-state index contributed by atoms with van der Waals surface area (Å²) >= 11 is 17.6. The summed E-state index contributed by atoms with van der Waals surface area (Å²) in [6.07, 6.45) is 0. The molecule has 0 atom stereocenters. The number of hydrogen-bond acceptors (Lipinski definition) is 4. The molecule has 1 heterocycles. The Morgan fingerprint density at radius 2 is 1.74 bits per heavy atom. The summed E-state index contributed by atoms with van der Waals surface area (Å²) in [4.78, 5) is 14.6. The summed E-state index contributed by atoms with van der Waals surface area (Å²) in [6, 6.07) is 9.37. The van der Waals surface area contributed by atoms with E-state index >= 15 is 0 Å². The van der Waals surface area contributed by atoms with E-state index in [0.29, 0.717) is 31.7 Å². The first kappa shape index (κ1) is 15.8. The summed E-state index contributed by atoms with van der Waals surface area (Å²) in [5, 5.41) is 19.5. The van der Waals surface area contributed by atoms with Crippen molar-refractivity contribution in [1.82, 2.24) is 4.98 Å². The van der Waals surface area contributed by atoms with E-state index in [9.17, 15) is 9.90 Å². The third-order valence-corrected chi connectivity index (χ3v) is 4.07. The van der Waals surface area contributed by atoms with Gasteiger partial charge in [-0.25, -0.2) is 0 Å². The van der Waals surface area contributed by atoms with Crippen LogP contribution in [0.5, 0.6) is 5.75 Å². The minimum atomic E-state index is -0.568. The standard InChI is InChI=1S/C15H8Cl3N3O2/c16-7-1-4-12-9(5-7)14(22)13(15(23)19-12)21-20-8-2-3-10(17)11(18)6-8/h1-6H,(H2,19,22,23). The van der Waals surface area contributed by atoms with Gasteiger partial charge < -0.3 is 10.1 Å². The summed E-state index contributed by atoms with van der Waals surface area (Å²) in [5.74, 6) is -0.296. The molecule has 2 aromatic carbocycles. The van der Waals surface area contributed by atoms with Gasteiger partial charge in [0.1, 0.15) is 0 Å². The first-order valence-corrected chi connectivity index (χ1v) is 7.50. The second-order valence-electron chi connectivity index (χ2n) is 4.64. The number of fused-ring (bicyclic) bond motifs is 1. The van der Waals surface area contributed by atoms with Gasteiger partial charge in [-0.3, -0.25) is 4.79 Å². The fraction of sp³-hybridized carbons (Fsp3) is 0. The molecule has 0 aliphatic rings. The smallest absolute Gasteiger partial charge is 0.280 e. The molecule has 8 heteroatoms. The number of aromatic nitrogens is 1. The highest BCUT2D eigenvalue weighted by molar-refractivity contribution is 6.42. The van der Waals surface area contributed by atoms with Gasteiger partial charge in [0.15, 0.2) is 11.4 Å². The van der Waals surface area contributed by atoms with E-state index in [-0.39, 0.29) is 11.4 Å². The molecule has 0 fully saturated rings. The highest BCUT2D eigenvalue weighted by Crippen LogP contribution is 2.33. The van der Waals surface area contributed by atoms with Crippen LogP contribution in [0.15, 0.2) is 51.4 Å². The lowest BCUT2D eigenvalue weighted by Crippen LogP contribution is -2.05. The molecule has 5 nitrogen and oxygen atoms in total. The van der Waals surface area contributed by atoms with Crippen LogP contribution in [0.1, 0.15) is 0 Å². The number of rotatable bonds is 2. The molecule has 0 saturated carbocycles. The largest absolute Gasteiger partial charge is 0.505 e. The fourth-order valence-electron chi connectivity index (χ4n) is 1.99. The van der Waals surface area contributed by atoms with Gasteiger partial charge in [0, 0.05) is 10.4 Å². The zero-order valence-electron chi connectivity index (χ0n) is 11.3. The monoisotopic (exact) mass is 367 g/mol. The maximum absolute atomic E-state index is 12.0. The number of azo groups is 1. The molecule has 0 saturated heterocycles. The van der Waals surface area contributed by atoms with Crippen molar-refractivity contribution >= 4 is 57.1 Å². The Labute approximate surface area is 145 Å². The van der Waals surface area contributed by atoms with Crippen molar-refractivity contribution in [2.45, 2.75) is 0 Å². The quantitative estimate of drug-likeness (QED) is 0.577. The van der Waals surface area contributed by atoms with Gasteiger partial charge in [-0.2, -0.15) is 5.11 Å². The number of pyridine rings is 1. The normalized spacial score (nSPS) is 11.4. The van der Waals surface area contributed by atoms with E-state index in [2.05, 4.69) is 15.2 Å². The van der Waals surface area contributed by atoms with Crippen molar-refractivity contribution in [3.05, 3.63) is 61.8 Å². The Morgan fingerprint density at radius 1 is 0.957 bits per heavy atom. The van der Waals surface area contributed by atoms with Crippen LogP contribution < -0.4 is 5.56 Å². The van der Waals surface area contributed by atoms with Crippen molar-refractivity contribution in [2.75, 3.05) is 0 Å². The number of halogens is 3. The summed E-state index contributed by atoms with van der Waals surface area (Å²) < 4.78 is 0. The van der Waals surface area contributed by atoms with Gasteiger partial charge in [0.25, 0.3) is 5.56 Å². The van der Waals surface area contributed by atoms with Crippen LogP contribution in [0, 0.1) is 0 Å². The van der Waals surface area contributed by atoms with Gasteiger partial charge in [0.2, 0.25) is 0 Å². The molecule has 0 amide bonds. The first-order chi connectivity index (χ1) is 11.0. The molecular weight excluding hydrogens is 361 g/mol. The molecule has 0 unspecified atom stereocenters. The Kier molecular flexibility index (Phi) is 4.26. The van der Waals surface area contributed by atoms with E-state index < -0.39 is 5.56 Å². The van der Waals surface area contributed by atoms with Crippen LogP contribution in [0.2, 0.25) is 15.1 Å². The van der Waals surface area contributed by atoms with Gasteiger partial charge >= 0.3 is 0 Å². The van der Waals surface area contributed by atoms with Gasteiger partial charge in [0.05, 0.1) is 21.2 Å². The van der Waals surface area contributed by atoms with E-state index in [1.54, 1.807) is 24.3 Å². The zero-order valence-corrected chi connectivity index (χ0v) is 13.6. The van der Waals surface area contributed by atoms with E-state index in [4.69, 9.17) is 34.8 Å². The van der Waals surface area contributed by atoms with E-state index in [1.807, 2.05) is 0 Å². The Bertz CT molecular complexity index is 999. The maximum atomic E-state index is 12.0. The van der Waals surface area contributed by atoms with Crippen LogP contribution in [-0.2, 0) is 0 Å². The second kappa shape index (κ2) is 6.20. The molecular formula is C15H8Cl3N3O2. The van der Waals surface area contributed by atoms with Crippen molar-refractivity contribution in [3.63, 3.8) is 0 Å². The molecule has 3 aromatic rings. The third kappa shape index (κ3) is 3.17. The molecule has 0 bridgehead atoms. The number of nitrogens with one attached hydrogen (secondary N) is 1. The predicted molar refractivity (Wildman–Crippen MR) is 91.9 cm³/mol. The lowest BCUT2D eigenvalue weighted by atomic mass is 10.2. The molecule has 116 valence electrons. The van der Waals surface area contributed by atoms with Crippen LogP contribution in [-0.4, -0.2) is 10.1 Å². The Balaban J connectivity index is 2.10. The maximum Gasteiger partial charge on any atom is 0.280 e. The number of aromatic amines is 1. The zero-order chi connectivity index (χ0) is 16.6. The second-order valence-corrected chi connectivity index (χ2v) is 5.89. The molecule has 2 N–H and O–H groups in total. The van der Waals surface area contributed by atoms with Crippen LogP contribution in [0.3, 0.4) is 0 Å². The van der Waals surface area contributed by atoms with E-state index in [1.165, 1.54) is 12.1 Å². The summed E-state index contributed by atoms with van der Waals surface area (Å²) in [7, 11) is 0. The van der Waals surface area contributed by atoms with Crippen LogP contribution >= 0.6 is 34.8 Å². The van der Waals surface area contributed by atoms with Crippen LogP contribution in [0.25, 0.3) is 10.9 Å². The number of nitrogens with zero attached hydrogens (tertiary/aromatic N) is 2. The molecule has 23 heavy (non-hydrogen) atoms. The highest BCUT2D eigenvalue weighted by Gasteiger charge is 2.12. The van der Waals surface area contributed by atoms with Crippen molar-refractivity contribution in [2.24, 2.45) is 10.2 Å². The average molecular weight is 369 g/mol. The molecule has 0 spiro atoms. The lowest BCUT2D eigenvalue weighted by molar-refractivity contribution is 0.481. The lowest BCUT2D eigenvalue weighted by Gasteiger charge is -2.04. The first-order valence-electron chi connectivity index (χ1n) is 6.37. The minimum absolute atomic E-state index is 0.217. The third-order valence-electron chi connectivity index (χ3n) is 3.09. The minimum Gasteiger partial charge on any atom is -0.505 e. The molecule has 0 radical (unpaired) electrons. The van der Waals surface area contributed by atoms with Gasteiger partial charge in [-0.1, -0.05) is 34.8 Å².